The summed E-state index contributed by atoms with van der Waals surface area (Å²) < 4.78 is 55.3. The van der Waals surface area contributed by atoms with E-state index in [9.17, 15) is 26.4 Å². The number of sulfone groups is 2. The van der Waals surface area contributed by atoms with E-state index in [0.717, 1.165) is 26.7 Å². The van der Waals surface area contributed by atoms with Gasteiger partial charge in [-0.2, -0.15) is 0 Å². The summed E-state index contributed by atoms with van der Waals surface area (Å²) in [7, 11) is -5.97. The van der Waals surface area contributed by atoms with Gasteiger partial charge in [-0.1, -0.05) is 0 Å². The van der Waals surface area contributed by atoms with Crippen LogP contribution in [0.5, 0.6) is 0 Å². The van der Waals surface area contributed by atoms with Gasteiger partial charge in [0.05, 0.1) is 36.9 Å². The van der Waals surface area contributed by atoms with Gasteiger partial charge >= 0.3 is 11.9 Å². The SMILES string of the molecule is COC(=O)C/C(=C(\CC(=O)OC)S(C)(=O)=O)S(C)(=O)=O. The normalized spacial score (nSPS) is 13.4. The van der Waals surface area contributed by atoms with Gasteiger partial charge in [0, 0.05) is 12.5 Å². The predicted molar refractivity (Wildman–Crippen MR) is 70.0 cm³/mol. The largest absolute Gasteiger partial charge is 0.469 e. The van der Waals surface area contributed by atoms with Crippen LogP contribution < -0.4 is 0 Å². The summed E-state index contributed by atoms with van der Waals surface area (Å²) in [6.45, 7) is 0. The summed E-state index contributed by atoms with van der Waals surface area (Å²) in [5.41, 5.74) is 0. The first-order valence-electron chi connectivity index (χ1n) is 5.19. The van der Waals surface area contributed by atoms with E-state index < -0.39 is 54.3 Å². The van der Waals surface area contributed by atoms with Crippen LogP contribution in [0.1, 0.15) is 12.8 Å². The minimum atomic E-state index is -4.01. The van der Waals surface area contributed by atoms with Crippen LogP contribution in [-0.2, 0) is 38.7 Å². The zero-order valence-corrected chi connectivity index (χ0v) is 13.1. The molecule has 0 amide bonds. The van der Waals surface area contributed by atoms with E-state index in [-0.39, 0.29) is 0 Å². The Kier molecular flexibility index (Phi) is 6.35. The van der Waals surface area contributed by atoms with Crippen LogP contribution in [0.2, 0.25) is 0 Å². The lowest BCUT2D eigenvalue weighted by Crippen LogP contribution is -2.18. The number of esters is 2. The molecule has 0 aromatic carbocycles. The molecule has 0 N–H and O–H groups in total. The van der Waals surface area contributed by atoms with Gasteiger partial charge in [-0.15, -0.1) is 0 Å². The molecule has 0 aromatic heterocycles. The summed E-state index contributed by atoms with van der Waals surface area (Å²) in [5.74, 6) is -1.87. The molecular formula is C10H16O8S2. The molecule has 0 aromatic rings. The molecule has 0 heterocycles. The molecule has 10 heteroatoms. The molecule has 0 atom stereocenters. The van der Waals surface area contributed by atoms with E-state index in [0.29, 0.717) is 0 Å². The molecule has 0 saturated heterocycles. The van der Waals surface area contributed by atoms with Gasteiger partial charge in [0.15, 0.2) is 19.7 Å². The maximum absolute atomic E-state index is 11.7. The van der Waals surface area contributed by atoms with Crippen molar-refractivity contribution in [3.05, 3.63) is 9.81 Å². The van der Waals surface area contributed by atoms with Crippen LogP contribution in [0.15, 0.2) is 9.81 Å². The highest BCUT2D eigenvalue weighted by Crippen LogP contribution is 2.23. The lowest BCUT2D eigenvalue weighted by atomic mass is 10.3. The van der Waals surface area contributed by atoms with Gasteiger partial charge in [-0.05, 0) is 0 Å². The van der Waals surface area contributed by atoms with E-state index in [4.69, 9.17) is 0 Å². The van der Waals surface area contributed by atoms with Crippen LogP contribution in [-0.4, -0.2) is 55.5 Å². The van der Waals surface area contributed by atoms with Crippen molar-refractivity contribution < 1.29 is 35.9 Å². The van der Waals surface area contributed by atoms with Gasteiger partial charge in [-0.3, -0.25) is 9.59 Å². The quantitative estimate of drug-likeness (QED) is 0.593. The molecule has 0 saturated carbocycles. The fraction of sp³-hybridized carbons (Fsp3) is 0.600. The first kappa shape index (κ1) is 18.6. The number of hydrogen-bond donors (Lipinski definition) is 0. The third-order valence-corrected chi connectivity index (χ3v) is 4.97. The third-order valence-electron chi connectivity index (χ3n) is 2.27. The fourth-order valence-electron chi connectivity index (χ4n) is 1.28. The van der Waals surface area contributed by atoms with Crippen LogP contribution in [0.3, 0.4) is 0 Å². The van der Waals surface area contributed by atoms with Crippen molar-refractivity contribution >= 4 is 31.6 Å². The number of methoxy groups -OCH3 is 2. The highest BCUT2D eigenvalue weighted by molar-refractivity contribution is 7.98. The summed E-state index contributed by atoms with van der Waals surface area (Å²) in [4.78, 5) is 21.1. The number of rotatable bonds is 6. The molecule has 0 aliphatic heterocycles. The minimum Gasteiger partial charge on any atom is -0.469 e. The molecule has 116 valence electrons. The zero-order chi connectivity index (χ0) is 16.1. The van der Waals surface area contributed by atoms with Crippen LogP contribution in [0.4, 0.5) is 0 Å². The molecule has 0 spiro atoms. The molecule has 20 heavy (non-hydrogen) atoms. The van der Waals surface area contributed by atoms with E-state index in [1.165, 1.54) is 0 Å². The van der Waals surface area contributed by atoms with Crippen molar-refractivity contribution in [2.45, 2.75) is 12.8 Å². The zero-order valence-electron chi connectivity index (χ0n) is 11.5. The molecule has 0 aliphatic rings. The number of ether oxygens (including phenoxy) is 2. The summed E-state index contributed by atoms with van der Waals surface area (Å²) in [6.07, 6.45) is -0.0507. The van der Waals surface area contributed by atoms with E-state index in [1.807, 2.05) is 0 Å². The predicted octanol–water partition coefficient (Wildman–Crippen LogP) is -0.587. The maximum Gasteiger partial charge on any atom is 0.310 e. The van der Waals surface area contributed by atoms with Crippen LogP contribution in [0.25, 0.3) is 0 Å². The van der Waals surface area contributed by atoms with Crippen LogP contribution >= 0.6 is 0 Å². The smallest absolute Gasteiger partial charge is 0.310 e. The monoisotopic (exact) mass is 328 g/mol. The molecule has 0 bridgehead atoms. The number of carbonyl (C=O) groups excluding carboxylic acids is 2. The number of carbonyl (C=O) groups is 2. The van der Waals surface area contributed by atoms with Crippen molar-refractivity contribution in [2.75, 3.05) is 26.7 Å². The molecule has 0 fully saturated rings. The average Bonchev–Trinajstić information content (AvgIpc) is 2.29. The topological polar surface area (TPSA) is 121 Å². The molecule has 0 rings (SSSR count). The van der Waals surface area contributed by atoms with Gasteiger partial charge in [0.25, 0.3) is 0 Å². The van der Waals surface area contributed by atoms with E-state index in [2.05, 4.69) is 9.47 Å². The molecular weight excluding hydrogens is 312 g/mol. The minimum absolute atomic E-state index is 0.669. The second-order valence-electron chi connectivity index (χ2n) is 3.90. The Bertz CT molecular complexity index is 568. The van der Waals surface area contributed by atoms with Crippen molar-refractivity contribution in [2.24, 2.45) is 0 Å². The van der Waals surface area contributed by atoms with Gasteiger partial charge in [0.2, 0.25) is 0 Å². The molecule has 8 nitrogen and oxygen atoms in total. The standard InChI is InChI=1S/C10H16O8S2/c1-17-9(11)5-7(19(3,13)14)8(20(4,15)16)6-10(12)18-2/h5-6H2,1-4H3/b8-7-. The van der Waals surface area contributed by atoms with Crippen LogP contribution in [0, 0.1) is 0 Å². The third kappa shape index (κ3) is 5.70. The summed E-state index contributed by atoms with van der Waals surface area (Å²) >= 11 is 0. The van der Waals surface area contributed by atoms with E-state index in [1.54, 1.807) is 0 Å². The Labute approximate surface area is 117 Å². The molecule has 0 radical (unpaired) electrons. The lowest BCUT2D eigenvalue weighted by molar-refractivity contribution is -0.140. The Morgan fingerprint density at radius 3 is 1.15 bits per heavy atom. The highest BCUT2D eigenvalue weighted by atomic mass is 32.2. The Morgan fingerprint density at radius 2 is 1.00 bits per heavy atom. The fourth-order valence-corrected chi connectivity index (χ4v) is 3.92. The Balaban J connectivity index is 6.15. The first-order valence-corrected chi connectivity index (χ1v) is 8.97. The van der Waals surface area contributed by atoms with Crippen molar-refractivity contribution in [1.82, 2.24) is 0 Å². The summed E-state index contributed by atoms with van der Waals surface area (Å²) in [6, 6.07) is 0. The van der Waals surface area contributed by atoms with E-state index >= 15 is 0 Å². The van der Waals surface area contributed by atoms with Gasteiger partial charge < -0.3 is 9.47 Å². The molecule has 0 aliphatic carbocycles. The summed E-state index contributed by atoms with van der Waals surface area (Å²) in [5, 5.41) is 0. The van der Waals surface area contributed by atoms with Gasteiger partial charge in [-0.25, -0.2) is 16.8 Å². The molecule has 0 unspecified atom stereocenters. The Morgan fingerprint density at radius 1 is 0.750 bits per heavy atom. The highest BCUT2D eigenvalue weighted by Gasteiger charge is 2.28. The van der Waals surface area contributed by atoms with Crippen molar-refractivity contribution in [3.63, 3.8) is 0 Å². The first-order chi connectivity index (χ1) is 8.93. The van der Waals surface area contributed by atoms with Gasteiger partial charge in [0.1, 0.15) is 0 Å². The second kappa shape index (κ2) is 6.84. The number of hydrogen-bond acceptors (Lipinski definition) is 8. The second-order valence-corrected chi connectivity index (χ2v) is 7.97. The Hall–Kier alpha value is -1.42. The lowest BCUT2D eigenvalue weighted by Gasteiger charge is -2.11. The average molecular weight is 328 g/mol. The maximum atomic E-state index is 11.7. The van der Waals surface area contributed by atoms with Crippen molar-refractivity contribution in [3.8, 4) is 0 Å². The van der Waals surface area contributed by atoms with Crippen molar-refractivity contribution in [1.29, 1.82) is 0 Å².